The molecule has 1 unspecified atom stereocenters. The fourth-order valence-electron chi connectivity index (χ4n) is 3.81. The van der Waals surface area contributed by atoms with Gasteiger partial charge in [0.25, 0.3) is 0 Å². The van der Waals surface area contributed by atoms with E-state index in [2.05, 4.69) is 0 Å². The van der Waals surface area contributed by atoms with Crippen LogP contribution in [0.25, 0.3) is 10.2 Å². The van der Waals surface area contributed by atoms with Gasteiger partial charge in [-0.1, -0.05) is 35.1 Å². The van der Waals surface area contributed by atoms with Crippen molar-refractivity contribution >= 4 is 44.2 Å². The Bertz CT molecular complexity index is 1070. The molecule has 1 saturated heterocycles. The van der Waals surface area contributed by atoms with Crippen molar-refractivity contribution in [1.82, 2.24) is 4.98 Å². The number of nitrogens with zero attached hydrogens (tertiary/aromatic N) is 2. The number of rotatable bonds is 5. The monoisotopic (exact) mass is 444 g/mol. The molecule has 0 saturated carbocycles. The van der Waals surface area contributed by atoms with Gasteiger partial charge < -0.3 is 14.2 Å². The first kappa shape index (κ1) is 19.6. The first-order valence-corrected chi connectivity index (χ1v) is 11.1. The SMILES string of the molecule is Cc1ccc(Cl)c2sc(N(CC3CCCO3)C(=O)Cc3ccc4c(c3)OCO4)nc12. The number of hydrogen-bond acceptors (Lipinski definition) is 6. The highest BCUT2D eigenvalue weighted by Gasteiger charge is 2.27. The van der Waals surface area contributed by atoms with Gasteiger partial charge >= 0.3 is 0 Å². The molecule has 2 aliphatic heterocycles. The molecule has 0 radical (unpaired) electrons. The lowest BCUT2D eigenvalue weighted by atomic mass is 10.1. The number of benzene rings is 2. The lowest BCUT2D eigenvalue weighted by Gasteiger charge is -2.23. The van der Waals surface area contributed by atoms with Gasteiger partial charge in [0, 0.05) is 6.61 Å². The molecule has 8 heteroatoms. The molecule has 0 bridgehead atoms. The molecule has 1 amide bonds. The maximum atomic E-state index is 13.4. The third-order valence-electron chi connectivity index (χ3n) is 5.42. The summed E-state index contributed by atoms with van der Waals surface area (Å²) < 4.78 is 17.5. The average molecular weight is 445 g/mol. The highest BCUT2D eigenvalue weighted by Crippen LogP contribution is 2.37. The summed E-state index contributed by atoms with van der Waals surface area (Å²) in [5, 5.41) is 1.31. The van der Waals surface area contributed by atoms with Crippen LogP contribution in [-0.2, 0) is 16.0 Å². The van der Waals surface area contributed by atoms with Crippen molar-refractivity contribution in [1.29, 1.82) is 0 Å². The van der Waals surface area contributed by atoms with Crippen LogP contribution in [0.15, 0.2) is 30.3 Å². The number of aromatic nitrogens is 1. The number of thiazole rings is 1. The molecule has 156 valence electrons. The quantitative estimate of drug-likeness (QED) is 0.568. The summed E-state index contributed by atoms with van der Waals surface area (Å²) in [6.45, 7) is 3.43. The largest absolute Gasteiger partial charge is 0.454 e. The van der Waals surface area contributed by atoms with E-state index in [1.54, 1.807) is 4.90 Å². The molecule has 6 nitrogen and oxygen atoms in total. The van der Waals surface area contributed by atoms with E-state index < -0.39 is 0 Å². The van der Waals surface area contributed by atoms with Crippen LogP contribution in [0.5, 0.6) is 11.5 Å². The summed E-state index contributed by atoms with van der Waals surface area (Å²) in [5.74, 6) is 1.35. The van der Waals surface area contributed by atoms with Crippen molar-refractivity contribution in [3.63, 3.8) is 0 Å². The Morgan fingerprint density at radius 2 is 2.13 bits per heavy atom. The molecule has 30 heavy (non-hydrogen) atoms. The number of amides is 1. The Hall–Kier alpha value is -2.35. The minimum absolute atomic E-state index is 0.0225. The number of carbonyl (C=O) groups is 1. The smallest absolute Gasteiger partial charge is 0.233 e. The third-order valence-corrected chi connectivity index (χ3v) is 6.96. The Kier molecular flexibility index (Phi) is 5.26. The minimum Gasteiger partial charge on any atom is -0.454 e. The number of halogens is 1. The highest BCUT2D eigenvalue weighted by molar-refractivity contribution is 7.23. The van der Waals surface area contributed by atoms with E-state index in [-0.39, 0.29) is 25.2 Å². The molecule has 3 heterocycles. The first-order chi connectivity index (χ1) is 14.6. The van der Waals surface area contributed by atoms with Gasteiger partial charge in [0.15, 0.2) is 16.6 Å². The Balaban J connectivity index is 1.46. The average Bonchev–Trinajstić information content (AvgIpc) is 3.49. The zero-order chi connectivity index (χ0) is 20.7. The van der Waals surface area contributed by atoms with E-state index >= 15 is 0 Å². The summed E-state index contributed by atoms with van der Waals surface area (Å²) in [6.07, 6.45) is 2.22. The number of fused-ring (bicyclic) bond motifs is 2. The molecule has 1 atom stereocenters. The number of ether oxygens (including phenoxy) is 3. The highest BCUT2D eigenvalue weighted by atomic mass is 35.5. The van der Waals surface area contributed by atoms with E-state index in [9.17, 15) is 4.79 Å². The first-order valence-electron chi connectivity index (χ1n) is 9.94. The fraction of sp³-hybridized carbons (Fsp3) is 0.364. The van der Waals surface area contributed by atoms with E-state index in [1.165, 1.54) is 11.3 Å². The topological polar surface area (TPSA) is 60.9 Å². The molecule has 0 N–H and O–H groups in total. The van der Waals surface area contributed by atoms with Gasteiger partial charge in [-0.2, -0.15) is 0 Å². The zero-order valence-electron chi connectivity index (χ0n) is 16.5. The van der Waals surface area contributed by atoms with Crippen LogP contribution in [0.3, 0.4) is 0 Å². The van der Waals surface area contributed by atoms with Crippen molar-refractivity contribution in [2.45, 2.75) is 32.3 Å². The molecule has 1 aromatic heterocycles. The normalized spacial score (nSPS) is 17.6. The number of carbonyl (C=O) groups excluding carboxylic acids is 1. The number of aryl methyl sites for hydroxylation is 1. The van der Waals surface area contributed by atoms with Crippen LogP contribution in [0.4, 0.5) is 5.13 Å². The van der Waals surface area contributed by atoms with Crippen molar-refractivity contribution < 1.29 is 19.0 Å². The van der Waals surface area contributed by atoms with Gasteiger partial charge in [-0.25, -0.2) is 4.98 Å². The van der Waals surface area contributed by atoms with Gasteiger partial charge in [0.05, 0.1) is 34.3 Å². The van der Waals surface area contributed by atoms with Crippen molar-refractivity contribution in [3.05, 3.63) is 46.5 Å². The molecule has 0 spiro atoms. The molecule has 2 aliphatic rings. The van der Waals surface area contributed by atoms with Crippen LogP contribution in [-0.4, -0.2) is 36.9 Å². The van der Waals surface area contributed by atoms with E-state index in [1.807, 2.05) is 37.3 Å². The molecular weight excluding hydrogens is 424 g/mol. The summed E-state index contributed by atoms with van der Waals surface area (Å²) in [4.78, 5) is 19.9. The van der Waals surface area contributed by atoms with Gasteiger partial charge in [-0.05, 0) is 49.1 Å². The summed E-state index contributed by atoms with van der Waals surface area (Å²) in [6, 6.07) is 9.43. The Morgan fingerprint density at radius 3 is 2.93 bits per heavy atom. The molecule has 1 fully saturated rings. The molecule has 5 rings (SSSR count). The summed E-state index contributed by atoms with van der Waals surface area (Å²) in [5.41, 5.74) is 2.75. The lowest BCUT2D eigenvalue weighted by molar-refractivity contribution is -0.118. The maximum absolute atomic E-state index is 13.4. The molecule has 3 aromatic rings. The predicted octanol–water partition coefficient (Wildman–Crippen LogP) is 4.74. The summed E-state index contributed by atoms with van der Waals surface area (Å²) >= 11 is 7.85. The van der Waals surface area contributed by atoms with Crippen LogP contribution in [0.1, 0.15) is 24.0 Å². The van der Waals surface area contributed by atoms with E-state index in [0.29, 0.717) is 28.2 Å². The second-order valence-corrected chi connectivity index (χ2v) is 8.93. The van der Waals surface area contributed by atoms with Gasteiger partial charge in [-0.15, -0.1) is 0 Å². The van der Waals surface area contributed by atoms with Crippen LogP contribution in [0.2, 0.25) is 5.02 Å². The third kappa shape index (κ3) is 3.73. The number of hydrogen-bond donors (Lipinski definition) is 0. The zero-order valence-corrected chi connectivity index (χ0v) is 18.1. The predicted molar refractivity (Wildman–Crippen MR) is 117 cm³/mol. The second-order valence-electron chi connectivity index (χ2n) is 7.54. The molecular formula is C22H21ClN2O4S. The van der Waals surface area contributed by atoms with E-state index in [4.69, 9.17) is 30.8 Å². The van der Waals surface area contributed by atoms with Crippen molar-refractivity contribution in [2.75, 3.05) is 24.8 Å². The molecule has 0 aliphatic carbocycles. The summed E-state index contributed by atoms with van der Waals surface area (Å²) in [7, 11) is 0. The molecule has 2 aromatic carbocycles. The lowest BCUT2D eigenvalue weighted by Crippen LogP contribution is -2.38. The van der Waals surface area contributed by atoms with Crippen LogP contribution >= 0.6 is 22.9 Å². The standard InChI is InChI=1S/C22H21ClN2O4S/c1-13-4-6-16(23)21-20(13)24-22(30-21)25(11-15-3-2-8-27-15)19(26)10-14-5-7-17-18(9-14)29-12-28-17/h4-7,9,15H,2-3,8,10-12H2,1H3. The van der Waals surface area contributed by atoms with Gasteiger partial charge in [0.2, 0.25) is 12.7 Å². The van der Waals surface area contributed by atoms with E-state index in [0.717, 1.165) is 40.8 Å². The van der Waals surface area contributed by atoms with Gasteiger partial charge in [0.1, 0.15) is 0 Å². The second kappa shape index (κ2) is 8.06. The maximum Gasteiger partial charge on any atom is 0.233 e. The Labute approximate surface area is 183 Å². The van der Waals surface area contributed by atoms with Crippen molar-refractivity contribution in [3.8, 4) is 11.5 Å². The number of anilines is 1. The van der Waals surface area contributed by atoms with Crippen LogP contribution < -0.4 is 14.4 Å². The Morgan fingerprint density at radius 1 is 1.27 bits per heavy atom. The minimum atomic E-state index is -0.0304. The van der Waals surface area contributed by atoms with Crippen LogP contribution in [0, 0.1) is 6.92 Å². The fourth-order valence-corrected chi connectivity index (χ4v) is 5.15. The van der Waals surface area contributed by atoms with Gasteiger partial charge in [-0.3, -0.25) is 9.69 Å². The van der Waals surface area contributed by atoms with Crippen molar-refractivity contribution in [2.24, 2.45) is 0 Å².